The Hall–Kier alpha value is -3.02. The Morgan fingerprint density at radius 1 is 1.00 bits per heavy atom. The van der Waals surface area contributed by atoms with Gasteiger partial charge in [-0.15, -0.1) is 0 Å². The van der Waals surface area contributed by atoms with Gasteiger partial charge in [-0.3, -0.25) is 4.79 Å². The average molecular weight is 371 g/mol. The summed E-state index contributed by atoms with van der Waals surface area (Å²) in [5.41, 5.74) is 1.37. The Balaban J connectivity index is 2.51. The lowest BCUT2D eigenvalue weighted by molar-refractivity contribution is 0.0982. The van der Waals surface area contributed by atoms with E-state index >= 15 is 0 Å². The normalized spacial score (nSPS) is 10.6. The summed E-state index contributed by atoms with van der Waals surface area (Å²) in [6.07, 6.45) is -1.36. The van der Waals surface area contributed by atoms with E-state index in [1.807, 2.05) is 39.8 Å². The number of hydrogen-bond acceptors (Lipinski definition) is 4. The molecule has 0 aliphatic carbocycles. The average Bonchev–Trinajstić information content (AvgIpc) is 2.64. The van der Waals surface area contributed by atoms with Gasteiger partial charge in [-0.05, 0) is 43.5 Å². The number of carboxylic acid groups (broad SMARTS) is 1. The fourth-order valence-electron chi connectivity index (χ4n) is 2.81. The van der Waals surface area contributed by atoms with Gasteiger partial charge in [0.2, 0.25) is 0 Å². The Morgan fingerprint density at radius 2 is 1.63 bits per heavy atom. The van der Waals surface area contributed by atoms with Gasteiger partial charge in [-0.1, -0.05) is 32.0 Å². The van der Waals surface area contributed by atoms with E-state index in [1.165, 1.54) is 12.1 Å². The van der Waals surface area contributed by atoms with Crippen LogP contribution < -0.4 is 14.4 Å². The number of nitrogens with zero attached hydrogens (tertiary/aromatic N) is 1. The van der Waals surface area contributed by atoms with Crippen LogP contribution in [-0.4, -0.2) is 30.3 Å². The molecule has 0 atom stereocenters. The molecule has 144 valence electrons. The molecule has 0 heterocycles. The van der Waals surface area contributed by atoms with E-state index in [-0.39, 0.29) is 11.6 Å². The summed E-state index contributed by atoms with van der Waals surface area (Å²) in [6.45, 7) is 8.42. The maximum absolute atomic E-state index is 13.1. The predicted molar refractivity (Wildman–Crippen MR) is 104 cm³/mol. The maximum atomic E-state index is 13.1. The number of carbonyl (C=O) groups excluding carboxylic acids is 1. The Bertz CT molecular complexity index is 816. The van der Waals surface area contributed by atoms with E-state index < -0.39 is 12.0 Å². The molecule has 0 unspecified atom stereocenters. The van der Waals surface area contributed by atoms with E-state index in [0.717, 1.165) is 10.5 Å². The van der Waals surface area contributed by atoms with Gasteiger partial charge in [0.05, 0.1) is 18.9 Å². The van der Waals surface area contributed by atoms with Crippen LogP contribution in [0.2, 0.25) is 0 Å². The molecule has 0 spiro atoms. The number of benzene rings is 2. The first kappa shape index (κ1) is 20.3. The SMILES string of the molecule is CCOc1ccc(N(C(=O)O)C(=O)c2ccccc2C(C)C)cc1OCC. The van der Waals surface area contributed by atoms with Crippen molar-refractivity contribution in [1.29, 1.82) is 0 Å². The topological polar surface area (TPSA) is 76.1 Å². The number of carbonyl (C=O) groups is 2. The zero-order valence-corrected chi connectivity index (χ0v) is 16.1. The van der Waals surface area contributed by atoms with Gasteiger partial charge in [0.15, 0.2) is 11.5 Å². The molecule has 0 saturated carbocycles. The number of amides is 2. The van der Waals surface area contributed by atoms with Crippen LogP contribution in [0.5, 0.6) is 11.5 Å². The maximum Gasteiger partial charge on any atom is 0.419 e. The fourth-order valence-corrected chi connectivity index (χ4v) is 2.81. The number of hydrogen-bond donors (Lipinski definition) is 1. The van der Waals surface area contributed by atoms with Gasteiger partial charge in [0.25, 0.3) is 5.91 Å². The van der Waals surface area contributed by atoms with Crippen molar-refractivity contribution < 1.29 is 24.2 Å². The van der Waals surface area contributed by atoms with Crippen molar-refractivity contribution in [1.82, 2.24) is 0 Å². The van der Waals surface area contributed by atoms with Gasteiger partial charge in [-0.2, -0.15) is 0 Å². The summed E-state index contributed by atoms with van der Waals surface area (Å²) in [5.74, 6) is 0.384. The Morgan fingerprint density at radius 3 is 2.22 bits per heavy atom. The molecule has 6 nitrogen and oxygen atoms in total. The number of anilines is 1. The zero-order valence-electron chi connectivity index (χ0n) is 16.1. The highest BCUT2D eigenvalue weighted by atomic mass is 16.5. The molecule has 2 aromatic rings. The van der Waals surface area contributed by atoms with E-state index in [0.29, 0.717) is 30.3 Å². The number of rotatable bonds is 7. The van der Waals surface area contributed by atoms with Crippen LogP contribution in [0.25, 0.3) is 0 Å². The van der Waals surface area contributed by atoms with Crippen LogP contribution in [0.15, 0.2) is 42.5 Å². The van der Waals surface area contributed by atoms with Crippen molar-refractivity contribution >= 4 is 17.7 Å². The fraction of sp³-hybridized carbons (Fsp3) is 0.333. The number of imide groups is 1. The molecule has 0 aromatic heterocycles. The molecule has 27 heavy (non-hydrogen) atoms. The summed E-state index contributed by atoms with van der Waals surface area (Å²) in [4.78, 5) is 25.7. The molecule has 2 amide bonds. The molecule has 0 fully saturated rings. The monoisotopic (exact) mass is 371 g/mol. The zero-order chi connectivity index (χ0) is 20.0. The molecule has 0 saturated heterocycles. The molecule has 2 rings (SSSR count). The summed E-state index contributed by atoms with van der Waals surface area (Å²) >= 11 is 0. The molecular weight excluding hydrogens is 346 g/mol. The van der Waals surface area contributed by atoms with Gasteiger partial charge in [0, 0.05) is 11.6 Å². The smallest absolute Gasteiger partial charge is 0.419 e. The van der Waals surface area contributed by atoms with Crippen molar-refractivity contribution in [3.05, 3.63) is 53.6 Å². The highest BCUT2D eigenvalue weighted by Crippen LogP contribution is 2.33. The Kier molecular flexibility index (Phi) is 6.82. The van der Waals surface area contributed by atoms with Crippen LogP contribution in [0, 0.1) is 0 Å². The second-order valence-electron chi connectivity index (χ2n) is 6.16. The van der Waals surface area contributed by atoms with E-state index in [9.17, 15) is 14.7 Å². The second kappa shape index (κ2) is 9.07. The summed E-state index contributed by atoms with van der Waals surface area (Å²) in [5, 5.41) is 9.71. The van der Waals surface area contributed by atoms with Crippen molar-refractivity contribution in [3.8, 4) is 11.5 Å². The summed E-state index contributed by atoms with van der Waals surface area (Å²) in [6, 6.07) is 11.7. The van der Waals surface area contributed by atoms with Crippen LogP contribution in [0.4, 0.5) is 10.5 Å². The third-order valence-corrected chi connectivity index (χ3v) is 3.99. The molecule has 0 radical (unpaired) electrons. The van der Waals surface area contributed by atoms with Crippen LogP contribution in [-0.2, 0) is 0 Å². The molecule has 0 bridgehead atoms. The lowest BCUT2D eigenvalue weighted by atomic mass is 9.96. The quantitative estimate of drug-likeness (QED) is 0.747. The summed E-state index contributed by atoms with van der Waals surface area (Å²) in [7, 11) is 0. The van der Waals surface area contributed by atoms with E-state index in [2.05, 4.69) is 0 Å². The number of ether oxygens (including phenoxy) is 2. The van der Waals surface area contributed by atoms with Crippen molar-refractivity contribution in [2.45, 2.75) is 33.6 Å². The second-order valence-corrected chi connectivity index (χ2v) is 6.16. The van der Waals surface area contributed by atoms with Crippen molar-refractivity contribution in [2.75, 3.05) is 18.1 Å². The summed E-state index contributed by atoms with van der Waals surface area (Å²) < 4.78 is 11.1. The molecule has 6 heteroatoms. The van der Waals surface area contributed by atoms with Gasteiger partial charge in [-0.25, -0.2) is 9.69 Å². The highest BCUT2D eigenvalue weighted by molar-refractivity contribution is 6.19. The lowest BCUT2D eigenvalue weighted by Gasteiger charge is -2.21. The first-order valence-electron chi connectivity index (χ1n) is 8.96. The van der Waals surface area contributed by atoms with E-state index in [4.69, 9.17) is 9.47 Å². The molecule has 0 aliphatic heterocycles. The van der Waals surface area contributed by atoms with Gasteiger partial charge < -0.3 is 14.6 Å². The Labute approximate surface area is 159 Å². The van der Waals surface area contributed by atoms with Gasteiger partial charge in [0.1, 0.15) is 0 Å². The molecule has 1 N–H and O–H groups in total. The minimum Gasteiger partial charge on any atom is -0.490 e. The van der Waals surface area contributed by atoms with Crippen molar-refractivity contribution in [3.63, 3.8) is 0 Å². The van der Waals surface area contributed by atoms with Crippen LogP contribution in [0.3, 0.4) is 0 Å². The third-order valence-electron chi connectivity index (χ3n) is 3.99. The third kappa shape index (κ3) is 4.58. The van der Waals surface area contributed by atoms with Gasteiger partial charge >= 0.3 is 6.09 Å². The standard InChI is InChI=1S/C21H25NO5/c1-5-26-18-12-11-15(13-19(18)27-6-2)22(21(24)25)20(23)17-10-8-7-9-16(17)14(3)4/h7-14H,5-6H2,1-4H3,(H,24,25). The first-order valence-corrected chi connectivity index (χ1v) is 8.96. The molecular formula is C21H25NO5. The minimum atomic E-state index is -1.36. The van der Waals surface area contributed by atoms with Crippen LogP contribution >= 0.6 is 0 Å². The minimum absolute atomic E-state index is 0.0834. The first-order chi connectivity index (χ1) is 12.9. The van der Waals surface area contributed by atoms with Crippen molar-refractivity contribution in [2.24, 2.45) is 0 Å². The molecule has 0 aliphatic rings. The molecule has 2 aromatic carbocycles. The highest BCUT2D eigenvalue weighted by Gasteiger charge is 2.27. The van der Waals surface area contributed by atoms with Crippen LogP contribution in [0.1, 0.15) is 49.5 Å². The van der Waals surface area contributed by atoms with E-state index in [1.54, 1.807) is 18.2 Å². The largest absolute Gasteiger partial charge is 0.490 e. The lowest BCUT2D eigenvalue weighted by Crippen LogP contribution is -2.36. The predicted octanol–water partition coefficient (Wildman–Crippen LogP) is 4.93.